The van der Waals surface area contributed by atoms with Crippen LogP contribution in [0, 0.1) is 5.92 Å². The molecule has 1 aromatic rings. The monoisotopic (exact) mass is 411 g/mol. The standard InChI is InChI=1S/C17H18ClN3O5S/c1-8-11(16(22)12-7-19-21(3)17(12)23)5-14(27(24)25)9(2)15(8)13-4-10(6-18)26-20-13/h5,7,9-10,23H,4,6H2,1-3H3. The van der Waals surface area contributed by atoms with Crippen LogP contribution in [0.5, 0.6) is 5.88 Å². The third-order valence-electron chi connectivity index (χ3n) is 4.76. The van der Waals surface area contributed by atoms with Gasteiger partial charge in [-0.3, -0.25) is 4.79 Å². The lowest BCUT2D eigenvalue weighted by Crippen LogP contribution is -2.27. The summed E-state index contributed by atoms with van der Waals surface area (Å²) in [7, 11) is -1.02. The zero-order chi connectivity index (χ0) is 19.9. The molecule has 1 aliphatic heterocycles. The van der Waals surface area contributed by atoms with Crippen molar-refractivity contribution in [3.05, 3.63) is 34.6 Å². The number of alkyl halides is 1. The van der Waals surface area contributed by atoms with Crippen LogP contribution in [0.4, 0.5) is 0 Å². The molecule has 8 nitrogen and oxygen atoms in total. The molecular weight excluding hydrogens is 394 g/mol. The van der Waals surface area contributed by atoms with Crippen LogP contribution in [0.2, 0.25) is 0 Å². The molecule has 2 aliphatic rings. The molecule has 3 rings (SSSR count). The van der Waals surface area contributed by atoms with Crippen molar-refractivity contribution in [3.8, 4) is 5.88 Å². The van der Waals surface area contributed by atoms with Crippen molar-refractivity contribution in [1.29, 1.82) is 0 Å². The number of carbonyl (C=O) groups excluding carboxylic acids is 1. The highest BCUT2D eigenvalue weighted by Crippen LogP contribution is 2.35. The Labute approximate surface area is 162 Å². The first-order chi connectivity index (χ1) is 12.8. The molecule has 1 aliphatic carbocycles. The zero-order valence-electron chi connectivity index (χ0n) is 14.9. The van der Waals surface area contributed by atoms with Crippen LogP contribution in [0.25, 0.3) is 0 Å². The summed E-state index contributed by atoms with van der Waals surface area (Å²) in [6, 6.07) is 0. The van der Waals surface area contributed by atoms with Gasteiger partial charge in [0.05, 0.1) is 22.7 Å². The Kier molecular flexibility index (Phi) is 5.25. The smallest absolute Gasteiger partial charge is 0.220 e. The molecule has 2 atom stereocenters. The highest BCUT2D eigenvalue weighted by molar-refractivity contribution is 7.73. The fourth-order valence-corrected chi connectivity index (χ4v) is 4.07. The summed E-state index contributed by atoms with van der Waals surface area (Å²) in [4.78, 5) is 18.3. The number of aromatic nitrogens is 2. The van der Waals surface area contributed by atoms with Crippen LogP contribution in [0.15, 0.2) is 34.1 Å². The van der Waals surface area contributed by atoms with Gasteiger partial charge in [0.25, 0.3) is 0 Å². The quantitative estimate of drug-likeness (QED) is 0.458. The van der Waals surface area contributed by atoms with E-state index >= 15 is 0 Å². The number of halogens is 1. The van der Waals surface area contributed by atoms with Crippen LogP contribution >= 0.6 is 11.6 Å². The molecule has 27 heavy (non-hydrogen) atoms. The van der Waals surface area contributed by atoms with Crippen LogP contribution in [-0.4, -0.2) is 51.6 Å². The van der Waals surface area contributed by atoms with Crippen molar-refractivity contribution >= 4 is 38.3 Å². The van der Waals surface area contributed by atoms with Crippen molar-refractivity contribution in [3.63, 3.8) is 0 Å². The van der Waals surface area contributed by atoms with Gasteiger partial charge >= 0.3 is 0 Å². The second-order valence-corrected chi connectivity index (χ2v) is 7.66. The first-order valence-corrected chi connectivity index (χ1v) is 9.80. The van der Waals surface area contributed by atoms with Gasteiger partial charge in [0, 0.05) is 25.0 Å². The summed E-state index contributed by atoms with van der Waals surface area (Å²) in [5.41, 5.74) is 1.94. The largest absolute Gasteiger partial charge is 0.493 e. The maximum atomic E-state index is 13.0. The van der Waals surface area contributed by atoms with Gasteiger partial charge in [0.1, 0.15) is 11.7 Å². The fraction of sp³-hybridized carbons (Fsp3) is 0.412. The van der Waals surface area contributed by atoms with E-state index in [0.29, 0.717) is 23.3 Å². The lowest BCUT2D eigenvalue weighted by molar-refractivity contribution is 0.102. The number of rotatable bonds is 4. The van der Waals surface area contributed by atoms with Crippen molar-refractivity contribution in [1.82, 2.24) is 9.78 Å². The molecule has 1 aromatic heterocycles. The lowest BCUT2D eigenvalue weighted by Gasteiger charge is -2.24. The van der Waals surface area contributed by atoms with E-state index in [4.69, 9.17) is 16.4 Å². The van der Waals surface area contributed by atoms with Gasteiger partial charge in [-0.15, -0.1) is 11.6 Å². The van der Waals surface area contributed by atoms with Crippen molar-refractivity contribution < 1.29 is 23.2 Å². The number of ketones is 1. The first-order valence-electron chi connectivity index (χ1n) is 8.19. The first kappa shape index (κ1) is 19.4. The van der Waals surface area contributed by atoms with Crippen LogP contribution in [-0.2, 0) is 22.2 Å². The molecule has 0 bridgehead atoms. The normalized spacial score (nSPS) is 22.4. The summed E-state index contributed by atoms with van der Waals surface area (Å²) in [5.74, 6) is -1.04. The summed E-state index contributed by atoms with van der Waals surface area (Å²) < 4.78 is 24.7. The van der Waals surface area contributed by atoms with Gasteiger partial charge in [0.15, 0.2) is 5.78 Å². The maximum Gasteiger partial charge on any atom is 0.220 e. The number of hydrogen-bond acceptors (Lipinski definition) is 7. The topological polar surface area (TPSA) is 111 Å². The molecule has 0 amide bonds. The summed E-state index contributed by atoms with van der Waals surface area (Å²) in [6.07, 6.45) is 2.73. The molecule has 0 spiro atoms. The summed E-state index contributed by atoms with van der Waals surface area (Å²) in [5, 5.41) is 18.0. The second kappa shape index (κ2) is 7.32. The van der Waals surface area contributed by atoms with E-state index < -0.39 is 22.0 Å². The van der Waals surface area contributed by atoms with Crippen LogP contribution in [0.1, 0.15) is 30.6 Å². The van der Waals surface area contributed by atoms with Gasteiger partial charge in [-0.05, 0) is 24.1 Å². The highest BCUT2D eigenvalue weighted by Gasteiger charge is 2.35. The van der Waals surface area contributed by atoms with E-state index in [1.165, 1.54) is 19.3 Å². The van der Waals surface area contributed by atoms with E-state index in [1.807, 2.05) is 0 Å². The van der Waals surface area contributed by atoms with Gasteiger partial charge in [0.2, 0.25) is 16.2 Å². The Balaban J connectivity index is 2.14. The average Bonchev–Trinajstić information content (AvgIpc) is 3.22. The third kappa shape index (κ3) is 3.32. The number of hydrogen-bond donors (Lipinski definition) is 1. The molecular formula is C17H18ClN3O5S. The van der Waals surface area contributed by atoms with Crippen LogP contribution in [0.3, 0.4) is 0 Å². The minimum Gasteiger partial charge on any atom is -0.493 e. The molecule has 0 aromatic carbocycles. The number of oxime groups is 1. The van der Waals surface area contributed by atoms with Gasteiger partial charge in [-0.1, -0.05) is 12.1 Å². The van der Waals surface area contributed by atoms with Gasteiger partial charge < -0.3 is 9.94 Å². The molecule has 0 saturated carbocycles. The molecule has 0 fully saturated rings. The minimum atomic E-state index is -2.52. The average molecular weight is 412 g/mol. The Morgan fingerprint density at radius 3 is 2.70 bits per heavy atom. The predicted octanol–water partition coefficient (Wildman–Crippen LogP) is 1.64. The third-order valence-corrected chi connectivity index (χ3v) is 5.96. The molecule has 2 unspecified atom stereocenters. The number of Topliss-reactive ketones (excluding diaryl/α,β-unsaturated/α-hetero) is 1. The maximum absolute atomic E-state index is 13.0. The van der Waals surface area contributed by atoms with Gasteiger partial charge in [-0.25, -0.2) is 4.68 Å². The molecule has 1 N–H and O–H groups in total. The van der Waals surface area contributed by atoms with Crippen molar-refractivity contribution in [2.24, 2.45) is 18.1 Å². The number of aromatic hydroxyl groups is 1. The molecule has 2 heterocycles. The van der Waals surface area contributed by atoms with E-state index in [0.717, 1.165) is 4.68 Å². The number of nitrogens with zero attached hydrogens (tertiary/aromatic N) is 3. The number of allylic oxidation sites excluding steroid dienone is 4. The number of aryl methyl sites for hydroxylation is 1. The van der Waals surface area contributed by atoms with E-state index in [9.17, 15) is 18.3 Å². The number of carbonyl (C=O) groups is 1. The zero-order valence-corrected chi connectivity index (χ0v) is 16.5. The van der Waals surface area contributed by atoms with Gasteiger partial charge in [-0.2, -0.15) is 13.5 Å². The summed E-state index contributed by atoms with van der Waals surface area (Å²) in [6.45, 7) is 3.46. The van der Waals surface area contributed by atoms with Crippen molar-refractivity contribution in [2.75, 3.05) is 5.88 Å². The molecule has 10 heteroatoms. The predicted molar refractivity (Wildman–Crippen MR) is 101 cm³/mol. The Morgan fingerprint density at radius 1 is 1.48 bits per heavy atom. The van der Waals surface area contributed by atoms with E-state index in [1.54, 1.807) is 13.8 Å². The Bertz CT molecular complexity index is 1040. The van der Waals surface area contributed by atoms with E-state index in [-0.39, 0.29) is 33.9 Å². The lowest BCUT2D eigenvalue weighted by atomic mass is 9.79. The second-order valence-electron chi connectivity index (χ2n) is 6.41. The highest BCUT2D eigenvalue weighted by atomic mass is 35.5. The minimum absolute atomic E-state index is 0.00344. The van der Waals surface area contributed by atoms with E-state index in [2.05, 4.69) is 10.3 Å². The fourth-order valence-electron chi connectivity index (χ4n) is 3.29. The molecule has 0 radical (unpaired) electrons. The summed E-state index contributed by atoms with van der Waals surface area (Å²) >= 11 is 5.82. The Morgan fingerprint density at radius 2 is 2.19 bits per heavy atom. The Hall–Kier alpha value is -2.39. The molecule has 0 saturated heterocycles. The van der Waals surface area contributed by atoms with Crippen LogP contribution < -0.4 is 0 Å². The SMILES string of the molecule is CC1=C(C2=NOC(CCl)C2)C(C)C(=S(=O)=O)C=C1C(=O)c1cnn(C)c1O. The van der Waals surface area contributed by atoms with Crippen molar-refractivity contribution in [2.45, 2.75) is 26.4 Å². The molecule has 144 valence electrons.